The molecule has 1 aliphatic carbocycles. The Balaban J connectivity index is 1.38. The maximum atomic E-state index is 5.86. The van der Waals surface area contributed by atoms with E-state index < -0.39 is 0 Å². The summed E-state index contributed by atoms with van der Waals surface area (Å²) < 4.78 is 13.2. The number of methoxy groups -OCH3 is 1. The number of aromatic nitrogens is 4. The van der Waals surface area contributed by atoms with Gasteiger partial charge in [-0.3, -0.25) is 9.80 Å². The fourth-order valence-electron chi connectivity index (χ4n) is 5.46. The fourth-order valence-corrected chi connectivity index (χ4v) is 5.46. The molecule has 31 heavy (non-hydrogen) atoms. The highest BCUT2D eigenvalue weighted by molar-refractivity contribution is 5.32. The average Bonchev–Trinajstić information content (AvgIpc) is 3.59. The molecule has 2 atom stereocenters. The molecule has 3 fully saturated rings. The lowest BCUT2D eigenvalue weighted by molar-refractivity contribution is 0.0720. The zero-order valence-corrected chi connectivity index (χ0v) is 18.5. The Morgan fingerprint density at radius 2 is 1.81 bits per heavy atom. The van der Waals surface area contributed by atoms with E-state index in [0.29, 0.717) is 0 Å². The summed E-state index contributed by atoms with van der Waals surface area (Å²) in [4.78, 5) is 5.24. The maximum absolute atomic E-state index is 5.86. The largest absolute Gasteiger partial charge is 0.497 e. The van der Waals surface area contributed by atoms with E-state index in [4.69, 9.17) is 9.47 Å². The molecule has 0 amide bonds. The first kappa shape index (κ1) is 20.8. The number of hydrogen-bond donors (Lipinski definition) is 0. The van der Waals surface area contributed by atoms with E-state index in [2.05, 4.69) is 37.5 Å². The Morgan fingerprint density at radius 3 is 2.48 bits per heavy atom. The van der Waals surface area contributed by atoms with Crippen molar-refractivity contribution in [2.45, 2.75) is 63.3 Å². The van der Waals surface area contributed by atoms with Gasteiger partial charge in [-0.05, 0) is 53.8 Å². The average molecular weight is 427 g/mol. The molecule has 1 saturated carbocycles. The summed E-state index contributed by atoms with van der Waals surface area (Å²) in [5.74, 6) is 1.78. The lowest BCUT2D eigenvalue weighted by atomic mass is 10.0. The van der Waals surface area contributed by atoms with Gasteiger partial charge in [-0.25, -0.2) is 4.68 Å². The quantitative estimate of drug-likeness (QED) is 0.674. The molecular formula is C23H34N6O2. The highest BCUT2D eigenvalue weighted by Crippen LogP contribution is 2.31. The lowest BCUT2D eigenvalue weighted by Gasteiger charge is -2.41. The topological polar surface area (TPSA) is 68.5 Å². The fraction of sp³-hybridized carbons (Fsp3) is 0.696. The van der Waals surface area contributed by atoms with Gasteiger partial charge in [0, 0.05) is 38.8 Å². The molecule has 2 aromatic rings. The number of ether oxygens (including phenoxy) is 2. The second-order valence-electron chi connectivity index (χ2n) is 9.04. The molecule has 3 aliphatic rings. The van der Waals surface area contributed by atoms with Crippen LogP contribution in [0, 0.1) is 0 Å². The standard InChI is InChI=1S/C23H34N6O2/c1-30-20-10-8-18(9-11-20)22(23-24-25-26-29(23)17-21-7-4-16-31-21)28-14-12-27(13-15-28)19-5-2-3-6-19/h8-11,19,21-22H,2-7,12-17H2,1H3. The number of benzene rings is 1. The molecule has 2 saturated heterocycles. The zero-order chi connectivity index (χ0) is 21.0. The van der Waals surface area contributed by atoms with Crippen LogP contribution < -0.4 is 4.74 Å². The summed E-state index contributed by atoms with van der Waals surface area (Å²) in [6.07, 6.45) is 7.90. The molecule has 0 bridgehead atoms. The van der Waals surface area contributed by atoms with E-state index >= 15 is 0 Å². The first-order valence-electron chi connectivity index (χ1n) is 11.8. The van der Waals surface area contributed by atoms with Crippen molar-refractivity contribution >= 4 is 0 Å². The highest BCUT2D eigenvalue weighted by Gasteiger charge is 2.33. The van der Waals surface area contributed by atoms with Gasteiger partial charge in [0.1, 0.15) is 5.75 Å². The first-order chi connectivity index (χ1) is 15.3. The van der Waals surface area contributed by atoms with Crippen molar-refractivity contribution < 1.29 is 9.47 Å². The molecule has 2 unspecified atom stereocenters. The van der Waals surface area contributed by atoms with Crippen molar-refractivity contribution in [3.63, 3.8) is 0 Å². The van der Waals surface area contributed by atoms with Gasteiger partial charge in [-0.1, -0.05) is 25.0 Å². The first-order valence-corrected chi connectivity index (χ1v) is 11.8. The minimum Gasteiger partial charge on any atom is -0.497 e. The third kappa shape index (κ3) is 4.61. The Kier molecular flexibility index (Phi) is 6.47. The van der Waals surface area contributed by atoms with Crippen LogP contribution >= 0.6 is 0 Å². The lowest BCUT2D eigenvalue weighted by Crippen LogP contribution is -2.51. The summed E-state index contributed by atoms with van der Waals surface area (Å²) in [6, 6.07) is 9.19. The number of nitrogens with zero attached hydrogens (tertiary/aromatic N) is 6. The van der Waals surface area contributed by atoms with Gasteiger partial charge >= 0.3 is 0 Å². The van der Waals surface area contributed by atoms with Gasteiger partial charge in [0.25, 0.3) is 0 Å². The number of tetrazole rings is 1. The number of rotatable bonds is 7. The maximum Gasteiger partial charge on any atom is 0.173 e. The normalized spacial score (nSPS) is 24.6. The molecule has 8 nitrogen and oxygen atoms in total. The number of piperazine rings is 1. The van der Waals surface area contributed by atoms with E-state index in [-0.39, 0.29) is 12.1 Å². The van der Waals surface area contributed by atoms with Crippen LogP contribution in [-0.4, -0.2) is 82.0 Å². The Labute approximate surface area is 184 Å². The van der Waals surface area contributed by atoms with Crippen molar-refractivity contribution in [2.75, 3.05) is 39.9 Å². The van der Waals surface area contributed by atoms with E-state index in [1.807, 2.05) is 16.8 Å². The van der Waals surface area contributed by atoms with Gasteiger partial charge in [-0.2, -0.15) is 0 Å². The molecule has 8 heteroatoms. The third-order valence-corrected chi connectivity index (χ3v) is 7.19. The monoisotopic (exact) mass is 426 g/mol. The molecule has 1 aromatic carbocycles. The molecule has 2 aliphatic heterocycles. The molecule has 0 N–H and O–H groups in total. The van der Waals surface area contributed by atoms with Gasteiger partial charge in [0.2, 0.25) is 0 Å². The minimum absolute atomic E-state index is 0.0352. The zero-order valence-electron chi connectivity index (χ0n) is 18.5. The predicted octanol–water partition coefficient (Wildman–Crippen LogP) is 2.51. The van der Waals surface area contributed by atoms with Gasteiger partial charge in [0.05, 0.1) is 25.8 Å². The van der Waals surface area contributed by atoms with E-state index in [9.17, 15) is 0 Å². The van der Waals surface area contributed by atoms with E-state index in [0.717, 1.165) is 69.8 Å². The summed E-state index contributed by atoms with van der Waals surface area (Å²) >= 11 is 0. The minimum atomic E-state index is 0.0352. The van der Waals surface area contributed by atoms with Crippen LogP contribution in [0.3, 0.4) is 0 Å². The van der Waals surface area contributed by atoms with Crippen molar-refractivity contribution in [1.29, 1.82) is 0 Å². The van der Waals surface area contributed by atoms with Crippen molar-refractivity contribution in [1.82, 2.24) is 30.0 Å². The van der Waals surface area contributed by atoms with Crippen LogP contribution in [0.25, 0.3) is 0 Å². The summed E-state index contributed by atoms with van der Waals surface area (Å²) in [5, 5.41) is 12.9. The van der Waals surface area contributed by atoms with Crippen LogP contribution in [-0.2, 0) is 11.3 Å². The SMILES string of the molecule is COc1ccc(C(c2nnnn2CC2CCCO2)N2CCN(C3CCCC3)CC2)cc1. The smallest absolute Gasteiger partial charge is 0.173 e. The van der Waals surface area contributed by atoms with Crippen molar-refractivity contribution in [3.05, 3.63) is 35.7 Å². The molecule has 0 spiro atoms. The summed E-state index contributed by atoms with van der Waals surface area (Å²) in [6.45, 7) is 5.85. The van der Waals surface area contributed by atoms with Crippen LogP contribution in [0.2, 0.25) is 0 Å². The third-order valence-electron chi connectivity index (χ3n) is 7.19. The second-order valence-corrected chi connectivity index (χ2v) is 9.04. The van der Waals surface area contributed by atoms with Gasteiger partial charge in [0.15, 0.2) is 5.82 Å². The summed E-state index contributed by atoms with van der Waals surface area (Å²) in [7, 11) is 1.71. The molecule has 0 radical (unpaired) electrons. The molecule has 168 valence electrons. The van der Waals surface area contributed by atoms with Crippen LogP contribution in [0.4, 0.5) is 0 Å². The highest BCUT2D eigenvalue weighted by atomic mass is 16.5. The molecular weight excluding hydrogens is 392 g/mol. The predicted molar refractivity (Wildman–Crippen MR) is 117 cm³/mol. The van der Waals surface area contributed by atoms with Gasteiger partial charge < -0.3 is 9.47 Å². The van der Waals surface area contributed by atoms with Crippen LogP contribution in [0.1, 0.15) is 56.0 Å². The van der Waals surface area contributed by atoms with Crippen molar-refractivity contribution in [2.24, 2.45) is 0 Å². The molecule has 5 rings (SSSR count). The second kappa shape index (κ2) is 9.63. The summed E-state index contributed by atoms with van der Waals surface area (Å²) in [5.41, 5.74) is 1.21. The Bertz CT molecular complexity index is 821. The van der Waals surface area contributed by atoms with Crippen LogP contribution in [0.5, 0.6) is 5.75 Å². The molecule has 3 heterocycles. The van der Waals surface area contributed by atoms with Crippen molar-refractivity contribution in [3.8, 4) is 5.75 Å². The van der Waals surface area contributed by atoms with Crippen LogP contribution in [0.15, 0.2) is 24.3 Å². The van der Waals surface area contributed by atoms with E-state index in [1.54, 1.807) is 7.11 Å². The Hall–Kier alpha value is -2.03. The number of hydrogen-bond acceptors (Lipinski definition) is 7. The Morgan fingerprint density at radius 1 is 1.03 bits per heavy atom. The van der Waals surface area contributed by atoms with Gasteiger partial charge in [-0.15, -0.1) is 5.10 Å². The molecule has 1 aromatic heterocycles. The van der Waals surface area contributed by atoms with E-state index in [1.165, 1.54) is 31.2 Å².